The summed E-state index contributed by atoms with van der Waals surface area (Å²) in [6.45, 7) is 3.39. The van der Waals surface area contributed by atoms with Crippen molar-refractivity contribution < 1.29 is 14.6 Å². The maximum Gasteiger partial charge on any atom is 0.272 e. The van der Waals surface area contributed by atoms with Gasteiger partial charge in [-0.1, -0.05) is 29.5 Å². The molecule has 0 saturated heterocycles. The van der Waals surface area contributed by atoms with Crippen LogP contribution in [-0.2, 0) is 0 Å². The summed E-state index contributed by atoms with van der Waals surface area (Å²) >= 11 is 5.95. The normalized spacial score (nSPS) is 10.8. The fraction of sp³-hybridized carbons (Fsp3) is 0.217. The lowest BCUT2D eigenvalue weighted by Crippen LogP contribution is -2.28. The molecule has 0 spiro atoms. The zero-order chi connectivity index (χ0) is 21.7. The molecule has 0 amide bonds. The topological polar surface area (TPSA) is 73.6 Å². The van der Waals surface area contributed by atoms with Gasteiger partial charge in [0.2, 0.25) is 0 Å². The van der Waals surface area contributed by atoms with Crippen molar-refractivity contribution in [2.24, 2.45) is 0 Å². The van der Waals surface area contributed by atoms with Gasteiger partial charge >= 0.3 is 0 Å². The molecule has 154 valence electrons. The molecule has 2 aromatic carbocycles. The Kier molecular flexibility index (Phi) is 6.46. The first-order chi connectivity index (χ1) is 14.2. The maximum absolute atomic E-state index is 12.6. The molecule has 0 unspecified atom stereocenters. The van der Waals surface area contributed by atoms with Crippen LogP contribution in [0.3, 0.4) is 0 Å². The van der Waals surface area contributed by atoms with Gasteiger partial charge in [-0.05, 0) is 44.2 Å². The molecule has 0 atom stereocenters. The van der Waals surface area contributed by atoms with Crippen molar-refractivity contribution in [1.82, 2.24) is 9.78 Å². The highest BCUT2D eigenvalue weighted by Crippen LogP contribution is 2.29. The number of benzene rings is 2. The zero-order valence-electron chi connectivity index (χ0n) is 16.8. The molecule has 1 aromatic heterocycles. The largest absolute Gasteiger partial charge is 0.493 e. The standard InChI is InChI=1S/C23H21ClN2O4/c1-23(2,28)15-30-20-10-9-19(13-21(20)29-3)26-22(27)12-17(14-25-26)8-7-16-5-4-6-18(24)11-16/h4-6,9-14,28H,15H2,1-3H3. The summed E-state index contributed by atoms with van der Waals surface area (Å²) in [7, 11) is 1.50. The molecular formula is C23H21ClN2O4. The number of ether oxygens (including phenoxy) is 2. The second kappa shape index (κ2) is 9.04. The van der Waals surface area contributed by atoms with Gasteiger partial charge < -0.3 is 14.6 Å². The van der Waals surface area contributed by atoms with E-state index in [2.05, 4.69) is 16.9 Å². The summed E-state index contributed by atoms with van der Waals surface area (Å²) in [4.78, 5) is 12.6. The van der Waals surface area contributed by atoms with Crippen LogP contribution >= 0.6 is 11.6 Å². The number of aliphatic hydroxyl groups is 1. The van der Waals surface area contributed by atoms with Crippen LogP contribution in [0.4, 0.5) is 0 Å². The summed E-state index contributed by atoms with van der Waals surface area (Å²) < 4.78 is 12.2. The van der Waals surface area contributed by atoms with E-state index in [0.29, 0.717) is 27.8 Å². The van der Waals surface area contributed by atoms with Crippen molar-refractivity contribution in [3.63, 3.8) is 0 Å². The smallest absolute Gasteiger partial charge is 0.272 e. The van der Waals surface area contributed by atoms with E-state index in [-0.39, 0.29) is 12.2 Å². The lowest BCUT2D eigenvalue weighted by atomic mass is 10.2. The Morgan fingerprint density at radius 3 is 2.53 bits per heavy atom. The number of hydrogen-bond donors (Lipinski definition) is 1. The highest BCUT2D eigenvalue weighted by atomic mass is 35.5. The molecule has 0 bridgehead atoms. The lowest BCUT2D eigenvalue weighted by molar-refractivity contribution is 0.0276. The molecule has 3 rings (SSSR count). The molecule has 0 aliphatic rings. The molecule has 0 saturated carbocycles. The maximum atomic E-state index is 12.6. The number of nitrogens with zero attached hydrogens (tertiary/aromatic N) is 2. The van der Waals surface area contributed by atoms with Gasteiger partial charge in [-0.25, -0.2) is 0 Å². The van der Waals surface area contributed by atoms with Gasteiger partial charge in [0.05, 0.1) is 30.2 Å². The zero-order valence-corrected chi connectivity index (χ0v) is 17.6. The monoisotopic (exact) mass is 424 g/mol. The van der Waals surface area contributed by atoms with Crippen molar-refractivity contribution in [3.8, 4) is 29.0 Å². The average molecular weight is 425 g/mol. The van der Waals surface area contributed by atoms with Crippen molar-refractivity contribution in [2.45, 2.75) is 19.4 Å². The van der Waals surface area contributed by atoms with E-state index >= 15 is 0 Å². The van der Waals surface area contributed by atoms with Crippen LogP contribution in [0.1, 0.15) is 25.0 Å². The molecule has 3 aromatic rings. The highest BCUT2D eigenvalue weighted by molar-refractivity contribution is 6.30. The number of aromatic nitrogens is 2. The van der Waals surface area contributed by atoms with E-state index in [0.717, 1.165) is 5.56 Å². The predicted molar refractivity (Wildman–Crippen MR) is 116 cm³/mol. The van der Waals surface area contributed by atoms with Crippen molar-refractivity contribution in [2.75, 3.05) is 13.7 Å². The Morgan fingerprint density at radius 1 is 1.10 bits per heavy atom. The number of rotatable bonds is 5. The fourth-order valence-electron chi connectivity index (χ4n) is 2.54. The van der Waals surface area contributed by atoms with Crippen LogP contribution in [0.25, 0.3) is 5.69 Å². The molecule has 0 fully saturated rings. The molecule has 6 nitrogen and oxygen atoms in total. The first kappa shape index (κ1) is 21.4. The van der Waals surface area contributed by atoms with Crippen LogP contribution in [0.5, 0.6) is 11.5 Å². The third kappa shape index (κ3) is 5.63. The Balaban J connectivity index is 1.85. The SMILES string of the molecule is COc1cc(-n2ncc(C#Cc3cccc(Cl)c3)cc2=O)ccc1OCC(C)(C)O. The molecule has 0 radical (unpaired) electrons. The minimum absolute atomic E-state index is 0.0981. The van der Waals surface area contributed by atoms with Crippen LogP contribution in [0.2, 0.25) is 5.02 Å². The third-order valence-electron chi connectivity index (χ3n) is 3.95. The van der Waals surface area contributed by atoms with E-state index in [1.54, 1.807) is 44.2 Å². The summed E-state index contributed by atoms with van der Waals surface area (Å²) in [5, 5.41) is 14.6. The van der Waals surface area contributed by atoms with Gasteiger partial charge in [-0.15, -0.1) is 0 Å². The summed E-state index contributed by atoms with van der Waals surface area (Å²) in [6, 6.07) is 13.6. The number of halogens is 1. The molecule has 1 heterocycles. The van der Waals surface area contributed by atoms with Gasteiger partial charge in [0.1, 0.15) is 6.61 Å². The van der Waals surface area contributed by atoms with Gasteiger partial charge in [-0.2, -0.15) is 9.78 Å². The Hall–Kier alpha value is -3.27. The second-order valence-corrected chi connectivity index (χ2v) is 7.63. The Morgan fingerprint density at radius 2 is 1.87 bits per heavy atom. The third-order valence-corrected chi connectivity index (χ3v) is 4.18. The molecule has 0 aliphatic carbocycles. The lowest BCUT2D eigenvalue weighted by Gasteiger charge is -2.19. The number of methoxy groups -OCH3 is 1. The Labute approximate surface area is 179 Å². The number of hydrogen-bond acceptors (Lipinski definition) is 5. The van der Waals surface area contributed by atoms with E-state index in [4.69, 9.17) is 21.1 Å². The summed E-state index contributed by atoms with van der Waals surface area (Å²) in [5.74, 6) is 6.76. The van der Waals surface area contributed by atoms with Gasteiger partial charge in [0, 0.05) is 22.7 Å². The van der Waals surface area contributed by atoms with Crippen LogP contribution in [0.15, 0.2) is 59.5 Å². The minimum atomic E-state index is -0.982. The predicted octanol–water partition coefficient (Wildman–Crippen LogP) is 3.44. The van der Waals surface area contributed by atoms with Crippen LogP contribution in [-0.4, -0.2) is 34.2 Å². The van der Waals surface area contributed by atoms with E-state index < -0.39 is 5.60 Å². The van der Waals surface area contributed by atoms with E-state index in [1.165, 1.54) is 24.1 Å². The summed E-state index contributed by atoms with van der Waals surface area (Å²) in [5.41, 5.74) is 0.442. The van der Waals surface area contributed by atoms with Crippen LogP contribution < -0.4 is 15.0 Å². The van der Waals surface area contributed by atoms with Crippen molar-refractivity contribution in [3.05, 3.63) is 81.2 Å². The quantitative estimate of drug-likeness (QED) is 0.635. The minimum Gasteiger partial charge on any atom is -0.493 e. The van der Waals surface area contributed by atoms with Gasteiger partial charge in [0.15, 0.2) is 11.5 Å². The van der Waals surface area contributed by atoms with Crippen molar-refractivity contribution >= 4 is 11.6 Å². The Bertz CT molecular complexity index is 1170. The van der Waals surface area contributed by atoms with E-state index in [9.17, 15) is 9.90 Å². The first-order valence-corrected chi connectivity index (χ1v) is 9.53. The van der Waals surface area contributed by atoms with E-state index in [1.807, 2.05) is 12.1 Å². The van der Waals surface area contributed by atoms with Crippen LogP contribution in [0, 0.1) is 11.8 Å². The molecule has 1 N–H and O–H groups in total. The highest BCUT2D eigenvalue weighted by Gasteiger charge is 2.16. The summed E-state index contributed by atoms with van der Waals surface area (Å²) in [6.07, 6.45) is 1.52. The first-order valence-electron chi connectivity index (χ1n) is 9.16. The van der Waals surface area contributed by atoms with Crippen molar-refractivity contribution in [1.29, 1.82) is 0 Å². The average Bonchev–Trinajstić information content (AvgIpc) is 2.70. The molecular weight excluding hydrogens is 404 g/mol. The fourth-order valence-corrected chi connectivity index (χ4v) is 2.73. The van der Waals surface area contributed by atoms with Gasteiger partial charge in [0.25, 0.3) is 5.56 Å². The second-order valence-electron chi connectivity index (χ2n) is 7.19. The molecule has 7 heteroatoms. The molecule has 30 heavy (non-hydrogen) atoms. The van der Waals surface area contributed by atoms with Gasteiger partial charge in [-0.3, -0.25) is 4.79 Å². The molecule has 0 aliphatic heterocycles.